The lowest BCUT2D eigenvalue weighted by Crippen LogP contribution is -2.40. The number of imidazole rings is 1. The molecule has 1 N–H and O–H groups in total. The summed E-state index contributed by atoms with van der Waals surface area (Å²) in [5.41, 5.74) is 2.13. The maximum atomic E-state index is 5.45. The highest BCUT2D eigenvalue weighted by Crippen LogP contribution is 2.41. The Hall–Kier alpha value is -2.78. The number of aromatic nitrogens is 6. The highest BCUT2D eigenvalue weighted by Gasteiger charge is 2.30. The first-order valence-corrected chi connectivity index (χ1v) is 11.4. The zero-order chi connectivity index (χ0) is 21.7. The van der Waals surface area contributed by atoms with Gasteiger partial charge in [-0.15, -0.1) is 11.3 Å². The van der Waals surface area contributed by atoms with Gasteiger partial charge in [-0.05, 0) is 45.2 Å². The van der Waals surface area contributed by atoms with E-state index < -0.39 is 0 Å². The maximum absolute atomic E-state index is 5.45. The summed E-state index contributed by atoms with van der Waals surface area (Å²) in [6.45, 7) is 6.40. The van der Waals surface area contributed by atoms with Crippen LogP contribution >= 0.6 is 11.3 Å². The molecule has 0 spiro atoms. The second kappa shape index (κ2) is 7.72. The summed E-state index contributed by atoms with van der Waals surface area (Å²) >= 11 is 1.66. The van der Waals surface area contributed by atoms with E-state index in [1.807, 2.05) is 28.7 Å². The molecule has 8 nitrogen and oxygen atoms in total. The summed E-state index contributed by atoms with van der Waals surface area (Å²) in [6, 6.07) is 2.75. The largest absolute Gasteiger partial charge is 0.381 e. The van der Waals surface area contributed by atoms with E-state index in [1.54, 1.807) is 24.6 Å². The van der Waals surface area contributed by atoms with Crippen LogP contribution in [0.15, 0.2) is 24.7 Å². The molecule has 0 amide bonds. The third-order valence-corrected chi connectivity index (χ3v) is 7.16. The lowest BCUT2D eigenvalue weighted by molar-refractivity contribution is 0.0328. The molecule has 1 aliphatic carbocycles. The number of hydrogen-bond acceptors (Lipinski definition) is 7. The van der Waals surface area contributed by atoms with Crippen LogP contribution in [0.25, 0.3) is 32.4 Å². The van der Waals surface area contributed by atoms with Gasteiger partial charge in [0, 0.05) is 44.8 Å². The molecule has 4 aromatic heterocycles. The molecule has 31 heavy (non-hydrogen) atoms. The number of fused-ring (bicyclic) bond motifs is 1. The van der Waals surface area contributed by atoms with Gasteiger partial charge in [0.1, 0.15) is 16.3 Å². The summed E-state index contributed by atoms with van der Waals surface area (Å²) in [6.07, 6.45) is 8.00. The zero-order valence-corrected chi connectivity index (χ0v) is 19.3. The van der Waals surface area contributed by atoms with E-state index in [0.717, 1.165) is 50.8 Å². The molecule has 1 saturated carbocycles. The van der Waals surface area contributed by atoms with Gasteiger partial charge in [0.05, 0.1) is 16.4 Å². The van der Waals surface area contributed by atoms with Gasteiger partial charge in [0.25, 0.3) is 0 Å². The van der Waals surface area contributed by atoms with Crippen LogP contribution in [0, 0.1) is 6.92 Å². The van der Waals surface area contributed by atoms with Crippen molar-refractivity contribution in [2.24, 2.45) is 7.05 Å². The van der Waals surface area contributed by atoms with Crippen molar-refractivity contribution in [3.63, 3.8) is 0 Å². The normalized spacial score (nSPS) is 18.6. The lowest BCUT2D eigenvalue weighted by Gasteiger charge is -2.35. The Morgan fingerprint density at radius 2 is 2.03 bits per heavy atom. The van der Waals surface area contributed by atoms with Crippen molar-refractivity contribution in [1.29, 1.82) is 0 Å². The molecule has 0 aliphatic heterocycles. The van der Waals surface area contributed by atoms with Gasteiger partial charge in [-0.2, -0.15) is 5.10 Å². The monoisotopic (exact) mass is 437 g/mol. The first-order chi connectivity index (χ1) is 14.9. The van der Waals surface area contributed by atoms with Crippen LogP contribution in [0.3, 0.4) is 0 Å². The molecule has 9 heteroatoms. The number of thiophene rings is 1. The molecule has 0 aromatic carbocycles. The smallest absolute Gasteiger partial charge is 0.199 e. The van der Waals surface area contributed by atoms with Crippen molar-refractivity contribution in [1.82, 2.24) is 29.3 Å². The minimum atomic E-state index is 0.322. The van der Waals surface area contributed by atoms with Gasteiger partial charge in [0.2, 0.25) is 0 Å². The first kappa shape index (κ1) is 20.1. The Balaban J connectivity index is 1.62. The third-order valence-electron chi connectivity index (χ3n) is 5.95. The lowest BCUT2D eigenvalue weighted by atomic mass is 9.89. The van der Waals surface area contributed by atoms with E-state index in [9.17, 15) is 0 Å². The fourth-order valence-electron chi connectivity index (χ4n) is 3.98. The van der Waals surface area contributed by atoms with Crippen molar-refractivity contribution in [3.8, 4) is 22.2 Å². The summed E-state index contributed by atoms with van der Waals surface area (Å²) < 4.78 is 9.39. The van der Waals surface area contributed by atoms with Gasteiger partial charge in [-0.1, -0.05) is 0 Å². The quantitative estimate of drug-likeness (QED) is 0.480. The predicted octanol–water partition coefficient (Wildman–Crippen LogP) is 4.43. The Bertz CT molecular complexity index is 1230. The van der Waals surface area contributed by atoms with E-state index in [4.69, 9.17) is 19.8 Å². The number of aryl methyl sites for hydroxylation is 2. The number of anilines is 1. The SMILES string of the molecule is COC1CC(Nc2nc(-c3nccn3C)nc3sc(-c4ccn(C(C)C)n4)c(C)c23)C1. The maximum Gasteiger partial charge on any atom is 0.199 e. The van der Waals surface area contributed by atoms with E-state index in [0.29, 0.717) is 24.0 Å². The Kier molecular flexibility index (Phi) is 5.02. The number of ether oxygens (including phenoxy) is 1. The van der Waals surface area contributed by atoms with Crippen molar-refractivity contribution in [3.05, 3.63) is 30.2 Å². The molecular weight excluding hydrogens is 410 g/mol. The van der Waals surface area contributed by atoms with Crippen LogP contribution in [0.2, 0.25) is 0 Å². The third kappa shape index (κ3) is 3.51. The molecule has 0 unspecified atom stereocenters. The minimum absolute atomic E-state index is 0.322. The molecule has 1 fully saturated rings. The number of rotatable bonds is 6. The van der Waals surface area contributed by atoms with E-state index in [1.165, 1.54) is 0 Å². The summed E-state index contributed by atoms with van der Waals surface area (Å²) in [7, 11) is 3.73. The summed E-state index contributed by atoms with van der Waals surface area (Å²) in [5.74, 6) is 2.25. The molecule has 0 bridgehead atoms. The van der Waals surface area contributed by atoms with Gasteiger partial charge in [-0.25, -0.2) is 15.0 Å². The highest BCUT2D eigenvalue weighted by molar-refractivity contribution is 7.22. The number of hydrogen-bond donors (Lipinski definition) is 1. The van der Waals surface area contributed by atoms with E-state index in [-0.39, 0.29) is 0 Å². The molecule has 162 valence electrons. The Morgan fingerprint density at radius 3 is 2.68 bits per heavy atom. The van der Waals surface area contributed by atoms with Gasteiger partial charge in [0.15, 0.2) is 11.6 Å². The van der Waals surface area contributed by atoms with Crippen molar-refractivity contribution in [2.45, 2.75) is 51.8 Å². The highest BCUT2D eigenvalue weighted by atomic mass is 32.1. The van der Waals surface area contributed by atoms with Crippen molar-refractivity contribution < 1.29 is 4.74 Å². The van der Waals surface area contributed by atoms with Crippen LogP contribution < -0.4 is 5.32 Å². The van der Waals surface area contributed by atoms with Crippen molar-refractivity contribution >= 4 is 27.4 Å². The van der Waals surface area contributed by atoms with Crippen LogP contribution in [0.5, 0.6) is 0 Å². The molecule has 5 rings (SSSR count). The molecule has 1 aliphatic rings. The zero-order valence-electron chi connectivity index (χ0n) is 18.5. The topological polar surface area (TPSA) is 82.7 Å². The van der Waals surface area contributed by atoms with Crippen LogP contribution in [0.4, 0.5) is 5.82 Å². The fourth-order valence-corrected chi connectivity index (χ4v) is 5.13. The van der Waals surface area contributed by atoms with Gasteiger partial charge < -0.3 is 14.6 Å². The molecule has 0 radical (unpaired) electrons. The Labute approximate surface area is 185 Å². The molecule has 4 heterocycles. The molecule has 0 saturated heterocycles. The Morgan fingerprint density at radius 1 is 1.23 bits per heavy atom. The number of methoxy groups -OCH3 is 1. The minimum Gasteiger partial charge on any atom is -0.381 e. The average molecular weight is 438 g/mol. The van der Waals surface area contributed by atoms with E-state index >= 15 is 0 Å². The second-order valence-electron chi connectivity index (χ2n) is 8.44. The van der Waals surface area contributed by atoms with Gasteiger partial charge >= 0.3 is 0 Å². The predicted molar refractivity (Wildman–Crippen MR) is 123 cm³/mol. The second-order valence-corrected chi connectivity index (χ2v) is 9.44. The molecular formula is C22H27N7OS. The average Bonchev–Trinajstić information content (AvgIpc) is 3.43. The summed E-state index contributed by atoms with van der Waals surface area (Å²) in [5, 5.41) is 9.50. The fraction of sp³-hybridized carbons (Fsp3) is 0.455. The van der Waals surface area contributed by atoms with Crippen LogP contribution in [0.1, 0.15) is 38.3 Å². The van der Waals surface area contributed by atoms with E-state index in [2.05, 4.69) is 37.1 Å². The van der Waals surface area contributed by atoms with Gasteiger partial charge in [-0.3, -0.25) is 4.68 Å². The standard InChI is InChI=1S/C22H27N7OS/c1-12(2)29-8-6-16(27-29)18-13(3)17-19(24-14-10-15(11-14)30-5)25-20(26-22(17)31-18)21-23-7-9-28(21)4/h6-9,12,14-15H,10-11H2,1-5H3,(H,24,25,26). The number of nitrogens with zero attached hydrogens (tertiary/aromatic N) is 6. The summed E-state index contributed by atoms with van der Waals surface area (Å²) in [4.78, 5) is 16.4. The van der Waals surface area contributed by atoms with Crippen LogP contribution in [-0.4, -0.2) is 48.6 Å². The van der Waals surface area contributed by atoms with Crippen molar-refractivity contribution in [2.75, 3.05) is 12.4 Å². The molecule has 4 aromatic rings. The molecule has 0 atom stereocenters. The number of nitrogens with one attached hydrogen (secondary N) is 1. The van der Waals surface area contributed by atoms with Crippen LogP contribution in [-0.2, 0) is 11.8 Å². The first-order valence-electron chi connectivity index (χ1n) is 10.6.